The molecule has 2 aromatic carbocycles. The Bertz CT molecular complexity index is 1210. The number of aliphatic hydroxyl groups is 1. The van der Waals surface area contributed by atoms with E-state index in [0.717, 1.165) is 41.4 Å². The van der Waals surface area contributed by atoms with Gasteiger partial charge in [-0.25, -0.2) is 13.2 Å². The molecule has 1 saturated carbocycles. The van der Waals surface area contributed by atoms with Gasteiger partial charge in [-0.2, -0.15) is 4.31 Å². The first-order valence-electron chi connectivity index (χ1n) is 13.4. The zero-order chi connectivity index (χ0) is 28.2. The van der Waals surface area contributed by atoms with Gasteiger partial charge in [0.15, 0.2) is 11.5 Å². The first kappa shape index (κ1) is 29.1. The maximum absolute atomic E-state index is 13.5. The van der Waals surface area contributed by atoms with Crippen molar-refractivity contribution in [1.29, 1.82) is 0 Å². The van der Waals surface area contributed by atoms with Crippen molar-refractivity contribution in [3.05, 3.63) is 54.1 Å². The minimum absolute atomic E-state index is 0.0766. The molecule has 1 heterocycles. The molecule has 1 aliphatic carbocycles. The van der Waals surface area contributed by atoms with Crippen molar-refractivity contribution in [2.75, 3.05) is 19.7 Å². The summed E-state index contributed by atoms with van der Waals surface area (Å²) in [4.78, 5) is 12.7. The molecule has 0 radical (unpaired) electrons. The molecule has 0 spiro atoms. The summed E-state index contributed by atoms with van der Waals surface area (Å²) in [6.07, 6.45) is 0.502. The number of phenols is 2. The third-order valence-corrected chi connectivity index (χ3v) is 9.12. The fourth-order valence-electron chi connectivity index (χ4n) is 5.33. The number of phenolic OH excluding ortho intramolecular Hbond substituents is 2. The molecule has 11 heteroatoms. The summed E-state index contributed by atoms with van der Waals surface area (Å²) in [5, 5.41) is 33.6. The topological polar surface area (TPSA) is 146 Å². The number of hydrogen-bond acceptors (Lipinski definition) is 8. The van der Waals surface area contributed by atoms with Gasteiger partial charge in [0.1, 0.15) is 6.10 Å². The lowest BCUT2D eigenvalue weighted by Crippen LogP contribution is -2.51. The summed E-state index contributed by atoms with van der Waals surface area (Å²) >= 11 is 0. The molecule has 1 unspecified atom stereocenters. The van der Waals surface area contributed by atoms with Crippen molar-refractivity contribution in [2.24, 2.45) is 11.8 Å². The summed E-state index contributed by atoms with van der Waals surface area (Å²) in [6, 6.07) is 11.7. The zero-order valence-corrected chi connectivity index (χ0v) is 23.1. The maximum atomic E-state index is 13.5. The first-order chi connectivity index (χ1) is 18.5. The van der Waals surface area contributed by atoms with Crippen LogP contribution in [-0.2, 0) is 25.9 Å². The second-order valence-electron chi connectivity index (χ2n) is 10.8. The number of aliphatic hydroxyl groups excluding tert-OH is 1. The van der Waals surface area contributed by atoms with Crippen LogP contribution < -0.4 is 5.32 Å². The quantitative estimate of drug-likeness (QED) is 0.306. The van der Waals surface area contributed by atoms with Crippen LogP contribution in [0.15, 0.2) is 53.4 Å². The van der Waals surface area contributed by atoms with Crippen molar-refractivity contribution < 1.29 is 38.0 Å². The van der Waals surface area contributed by atoms with Crippen LogP contribution >= 0.6 is 0 Å². The zero-order valence-electron chi connectivity index (χ0n) is 22.3. The normalized spacial score (nSPS) is 22.5. The van der Waals surface area contributed by atoms with Crippen molar-refractivity contribution in [2.45, 2.75) is 68.8 Å². The Morgan fingerprint density at radius 1 is 1.10 bits per heavy atom. The van der Waals surface area contributed by atoms with E-state index in [-0.39, 0.29) is 42.5 Å². The van der Waals surface area contributed by atoms with Crippen LogP contribution in [0.4, 0.5) is 4.79 Å². The number of alkyl carbamates (subject to hydrolysis) is 1. The molecule has 4 N–H and O–H groups in total. The molecule has 1 saturated heterocycles. The minimum Gasteiger partial charge on any atom is -0.504 e. The number of hydrogen-bond donors (Lipinski definition) is 4. The van der Waals surface area contributed by atoms with E-state index in [1.54, 1.807) is 0 Å². The number of fused-ring (bicyclic) bond motifs is 1. The Morgan fingerprint density at radius 3 is 2.51 bits per heavy atom. The molecule has 4 rings (SSSR count). The van der Waals surface area contributed by atoms with Gasteiger partial charge in [-0.05, 0) is 48.8 Å². The molecule has 2 fully saturated rings. The van der Waals surface area contributed by atoms with Crippen LogP contribution in [-0.4, -0.2) is 78.2 Å². The number of nitrogens with zero attached hydrogens (tertiary/aromatic N) is 1. The molecule has 2 aliphatic rings. The Balaban J connectivity index is 1.50. The van der Waals surface area contributed by atoms with E-state index in [9.17, 15) is 28.5 Å². The van der Waals surface area contributed by atoms with Gasteiger partial charge < -0.3 is 30.1 Å². The largest absolute Gasteiger partial charge is 0.504 e. The first-order valence-corrected chi connectivity index (χ1v) is 14.8. The van der Waals surface area contributed by atoms with Gasteiger partial charge in [0.25, 0.3) is 0 Å². The second kappa shape index (κ2) is 12.5. The van der Waals surface area contributed by atoms with E-state index in [1.807, 2.05) is 44.2 Å². The van der Waals surface area contributed by atoms with Crippen molar-refractivity contribution in [3.63, 3.8) is 0 Å². The smallest absolute Gasteiger partial charge is 0.407 e. The number of aromatic hydroxyl groups is 2. The molecule has 2 aromatic rings. The summed E-state index contributed by atoms with van der Waals surface area (Å²) in [5.74, 6) is -0.684. The van der Waals surface area contributed by atoms with Crippen LogP contribution in [0.5, 0.6) is 11.5 Å². The molecule has 214 valence electrons. The van der Waals surface area contributed by atoms with Crippen LogP contribution in [0.3, 0.4) is 0 Å². The molecular weight excluding hydrogens is 524 g/mol. The van der Waals surface area contributed by atoms with Crippen LogP contribution in [0.1, 0.15) is 38.7 Å². The van der Waals surface area contributed by atoms with Gasteiger partial charge in [0.05, 0.1) is 23.1 Å². The monoisotopic (exact) mass is 562 g/mol. The van der Waals surface area contributed by atoms with Crippen LogP contribution in [0.25, 0.3) is 0 Å². The number of amides is 1. The van der Waals surface area contributed by atoms with Crippen molar-refractivity contribution in [3.8, 4) is 11.5 Å². The SMILES string of the molecule is CC(C)CN(C[C@@H](O)[C@H](Cc1ccccc1)NC(=O)O[C@@H]1CC2CCO[C@@H]2C1)S(=O)(=O)c1ccc(O)c(O)c1. The number of ether oxygens (including phenoxy) is 2. The average Bonchev–Trinajstić information content (AvgIpc) is 3.47. The number of rotatable bonds is 11. The highest BCUT2D eigenvalue weighted by atomic mass is 32.2. The van der Waals surface area contributed by atoms with E-state index >= 15 is 0 Å². The van der Waals surface area contributed by atoms with Gasteiger partial charge in [0, 0.05) is 32.2 Å². The summed E-state index contributed by atoms with van der Waals surface area (Å²) in [5.41, 5.74) is 0.854. The van der Waals surface area contributed by atoms with E-state index in [1.165, 1.54) is 6.07 Å². The highest BCUT2D eigenvalue weighted by Crippen LogP contribution is 2.37. The summed E-state index contributed by atoms with van der Waals surface area (Å²) in [6.45, 7) is 4.22. The lowest BCUT2D eigenvalue weighted by Gasteiger charge is -2.31. The number of sulfonamides is 1. The van der Waals surface area contributed by atoms with E-state index < -0.39 is 39.8 Å². The Hall–Kier alpha value is -2.86. The van der Waals surface area contributed by atoms with E-state index in [4.69, 9.17) is 9.47 Å². The number of benzene rings is 2. The molecule has 0 bridgehead atoms. The third-order valence-electron chi connectivity index (χ3n) is 7.29. The van der Waals surface area contributed by atoms with Gasteiger partial charge in [0.2, 0.25) is 10.0 Å². The van der Waals surface area contributed by atoms with Crippen molar-refractivity contribution in [1.82, 2.24) is 9.62 Å². The fraction of sp³-hybridized carbons (Fsp3) is 0.536. The molecule has 1 amide bonds. The van der Waals surface area contributed by atoms with Crippen LogP contribution in [0.2, 0.25) is 0 Å². The molecule has 10 nitrogen and oxygen atoms in total. The second-order valence-corrected chi connectivity index (χ2v) is 12.8. The molecule has 5 atom stereocenters. The Morgan fingerprint density at radius 2 is 1.85 bits per heavy atom. The molecule has 39 heavy (non-hydrogen) atoms. The number of carbonyl (C=O) groups is 1. The highest BCUT2D eigenvalue weighted by Gasteiger charge is 2.40. The molecule has 0 aromatic heterocycles. The lowest BCUT2D eigenvalue weighted by molar-refractivity contribution is 0.0554. The standard InChI is InChI=1S/C28H38N2O8S/c1-18(2)16-30(39(35,36)22-8-9-24(31)25(32)15-22)17-26(33)23(12-19-6-4-3-5-7-19)29-28(34)38-21-13-20-10-11-37-27(20)14-21/h3-9,15,18,20-21,23,26-27,31-33H,10-14,16-17H2,1-2H3,(H,29,34)/t20?,21-,23+,26-,27-/m1/s1. The predicted octanol–water partition coefficient (Wildman–Crippen LogP) is 3.01. The van der Waals surface area contributed by atoms with Gasteiger partial charge in [-0.15, -0.1) is 0 Å². The Labute approximate surface area is 229 Å². The average molecular weight is 563 g/mol. The van der Waals surface area contributed by atoms with E-state index in [2.05, 4.69) is 5.32 Å². The number of nitrogens with one attached hydrogen (secondary N) is 1. The minimum atomic E-state index is -4.15. The van der Waals surface area contributed by atoms with Crippen molar-refractivity contribution >= 4 is 16.1 Å². The Kier molecular flexibility index (Phi) is 9.37. The van der Waals surface area contributed by atoms with Crippen LogP contribution in [0, 0.1) is 11.8 Å². The van der Waals surface area contributed by atoms with Gasteiger partial charge >= 0.3 is 6.09 Å². The predicted molar refractivity (Wildman–Crippen MR) is 144 cm³/mol. The summed E-state index contributed by atoms with van der Waals surface area (Å²) in [7, 11) is -4.15. The van der Waals surface area contributed by atoms with Gasteiger partial charge in [-0.1, -0.05) is 44.2 Å². The van der Waals surface area contributed by atoms with E-state index in [0.29, 0.717) is 12.3 Å². The highest BCUT2D eigenvalue weighted by molar-refractivity contribution is 7.89. The fourth-order valence-corrected chi connectivity index (χ4v) is 6.97. The van der Waals surface area contributed by atoms with Gasteiger partial charge in [-0.3, -0.25) is 0 Å². The maximum Gasteiger partial charge on any atom is 0.407 e. The number of carbonyl (C=O) groups excluding carboxylic acids is 1. The molecule has 1 aliphatic heterocycles. The lowest BCUT2D eigenvalue weighted by atomic mass is 10.0. The third kappa shape index (κ3) is 7.42. The molecular formula is C28H38N2O8S. The summed E-state index contributed by atoms with van der Waals surface area (Å²) < 4.78 is 39.5.